The molecule has 0 saturated heterocycles. The predicted molar refractivity (Wildman–Crippen MR) is 60.0 cm³/mol. The number of aromatic nitrogens is 4. The van der Waals surface area contributed by atoms with E-state index in [1.54, 1.807) is 10.9 Å². The highest BCUT2D eigenvalue weighted by Gasteiger charge is 1.98. The summed E-state index contributed by atoms with van der Waals surface area (Å²) in [6.07, 6.45) is 3.65. The third-order valence-electron chi connectivity index (χ3n) is 1.77. The van der Waals surface area contributed by atoms with Crippen molar-refractivity contribution in [1.29, 1.82) is 0 Å². The predicted octanol–water partition coefficient (Wildman–Crippen LogP) is 2.31. The fourth-order valence-corrected chi connectivity index (χ4v) is 1.07. The van der Waals surface area contributed by atoms with Gasteiger partial charge in [-0.15, -0.1) is 5.10 Å². The molecule has 0 aromatic carbocycles. The molecule has 2 heterocycles. The van der Waals surface area contributed by atoms with E-state index in [1.165, 1.54) is 0 Å². The van der Waals surface area contributed by atoms with E-state index in [-0.39, 0.29) is 0 Å². The summed E-state index contributed by atoms with van der Waals surface area (Å²) < 4.78 is 1.71. The number of pyridine rings is 1. The van der Waals surface area contributed by atoms with E-state index < -0.39 is 0 Å². The maximum atomic E-state index is 4.18. The van der Waals surface area contributed by atoms with E-state index in [0.29, 0.717) is 0 Å². The molecule has 0 bridgehead atoms. The van der Waals surface area contributed by atoms with Crippen molar-refractivity contribution in [2.45, 2.75) is 27.7 Å². The molecule has 2 rings (SSSR count). The molecule has 0 fully saturated rings. The van der Waals surface area contributed by atoms with Crippen LogP contribution < -0.4 is 0 Å². The summed E-state index contributed by atoms with van der Waals surface area (Å²) in [5, 5.41) is 7.84. The van der Waals surface area contributed by atoms with E-state index in [2.05, 4.69) is 15.3 Å². The molecule has 15 heavy (non-hydrogen) atoms. The minimum atomic E-state index is 0.903. The molecule has 0 atom stereocenters. The SMILES string of the molecule is CC.Cc1ccc(-n2cc(C)nn2)cn1. The second-order valence-electron chi connectivity index (χ2n) is 2.96. The Hall–Kier alpha value is -1.71. The van der Waals surface area contributed by atoms with Crippen LogP contribution in [0.4, 0.5) is 0 Å². The molecule has 4 nitrogen and oxygen atoms in total. The van der Waals surface area contributed by atoms with E-state index in [0.717, 1.165) is 17.1 Å². The lowest BCUT2D eigenvalue weighted by Crippen LogP contribution is -1.95. The molecule has 80 valence electrons. The summed E-state index contributed by atoms with van der Waals surface area (Å²) in [6.45, 7) is 7.86. The topological polar surface area (TPSA) is 43.6 Å². The van der Waals surface area contributed by atoms with Crippen LogP contribution in [0.3, 0.4) is 0 Å². The zero-order valence-corrected chi connectivity index (χ0v) is 9.60. The van der Waals surface area contributed by atoms with E-state index >= 15 is 0 Å². The third kappa shape index (κ3) is 2.87. The van der Waals surface area contributed by atoms with Crippen LogP contribution in [0.15, 0.2) is 24.5 Å². The van der Waals surface area contributed by atoms with Gasteiger partial charge >= 0.3 is 0 Å². The van der Waals surface area contributed by atoms with Gasteiger partial charge in [-0.05, 0) is 26.0 Å². The Morgan fingerprint density at radius 1 is 1.07 bits per heavy atom. The Morgan fingerprint density at radius 3 is 2.27 bits per heavy atom. The van der Waals surface area contributed by atoms with Crippen LogP contribution in [0.5, 0.6) is 0 Å². The molecule has 0 spiro atoms. The van der Waals surface area contributed by atoms with Gasteiger partial charge in [0.15, 0.2) is 0 Å². The summed E-state index contributed by atoms with van der Waals surface area (Å²) in [4.78, 5) is 4.18. The first kappa shape index (κ1) is 11.4. The van der Waals surface area contributed by atoms with Gasteiger partial charge in [0.2, 0.25) is 0 Å². The van der Waals surface area contributed by atoms with Gasteiger partial charge in [0, 0.05) is 5.69 Å². The van der Waals surface area contributed by atoms with Crippen LogP contribution in [-0.4, -0.2) is 20.0 Å². The second-order valence-corrected chi connectivity index (χ2v) is 2.96. The molecule has 0 radical (unpaired) electrons. The molecule has 0 aliphatic carbocycles. The molecule has 2 aromatic rings. The van der Waals surface area contributed by atoms with Gasteiger partial charge in [0.05, 0.1) is 23.8 Å². The second kappa shape index (κ2) is 5.24. The lowest BCUT2D eigenvalue weighted by Gasteiger charge is -1.98. The van der Waals surface area contributed by atoms with E-state index in [4.69, 9.17) is 0 Å². The minimum absolute atomic E-state index is 0.903. The fourth-order valence-electron chi connectivity index (χ4n) is 1.07. The minimum Gasteiger partial charge on any atom is -0.259 e. The normalized spacial score (nSPS) is 9.33. The Balaban J connectivity index is 0.000000531. The van der Waals surface area contributed by atoms with Gasteiger partial charge in [-0.1, -0.05) is 19.1 Å². The molecule has 2 aromatic heterocycles. The van der Waals surface area contributed by atoms with E-state index in [9.17, 15) is 0 Å². The quantitative estimate of drug-likeness (QED) is 0.716. The largest absolute Gasteiger partial charge is 0.259 e. The highest BCUT2D eigenvalue weighted by Crippen LogP contribution is 2.04. The summed E-state index contributed by atoms with van der Waals surface area (Å²) in [6, 6.07) is 3.92. The first-order valence-electron chi connectivity index (χ1n) is 5.08. The van der Waals surface area contributed by atoms with Gasteiger partial charge in [-0.25, -0.2) is 4.68 Å². The molecule has 0 amide bonds. The van der Waals surface area contributed by atoms with Crippen LogP contribution in [0, 0.1) is 13.8 Å². The number of hydrogen-bond acceptors (Lipinski definition) is 3. The van der Waals surface area contributed by atoms with Crippen molar-refractivity contribution in [3.05, 3.63) is 35.9 Å². The first-order chi connectivity index (χ1) is 7.25. The van der Waals surface area contributed by atoms with Gasteiger partial charge in [-0.2, -0.15) is 0 Å². The Morgan fingerprint density at radius 2 is 1.80 bits per heavy atom. The number of nitrogens with zero attached hydrogens (tertiary/aromatic N) is 4. The molecule has 0 saturated carbocycles. The van der Waals surface area contributed by atoms with Gasteiger partial charge in [0.1, 0.15) is 0 Å². The highest BCUT2D eigenvalue weighted by molar-refractivity contribution is 5.27. The van der Waals surface area contributed by atoms with Crippen molar-refractivity contribution < 1.29 is 0 Å². The van der Waals surface area contributed by atoms with E-state index in [1.807, 2.05) is 46.0 Å². The van der Waals surface area contributed by atoms with Crippen LogP contribution in [0.25, 0.3) is 5.69 Å². The molecular formula is C11H16N4. The lowest BCUT2D eigenvalue weighted by atomic mass is 10.3. The summed E-state index contributed by atoms with van der Waals surface area (Å²) >= 11 is 0. The van der Waals surface area contributed by atoms with Crippen molar-refractivity contribution in [2.24, 2.45) is 0 Å². The van der Waals surface area contributed by atoms with Crippen molar-refractivity contribution in [2.75, 3.05) is 0 Å². The van der Waals surface area contributed by atoms with Crippen molar-refractivity contribution in [3.63, 3.8) is 0 Å². The fraction of sp³-hybridized carbons (Fsp3) is 0.364. The van der Waals surface area contributed by atoms with Gasteiger partial charge in [-0.3, -0.25) is 4.98 Å². The average molecular weight is 204 g/mol. The number of aryl methyl sites for hydroxylation is 2. The zero-order valence-electron chi connectivity index (χ0n) is 9.60. The zero-order chi connectivity index (χ0) is 11.3. The Bertz CT molecular complexity index is 403. The summed E-state index contributed by atoms with van der Waals surface area (Å²) in [7, 11) is 0. The Labute approximate surface area is 90.0 Å². The smallest absolute Gasteiger partial charge is 0.0846 e. The van der Waals surface area contributed by atoms with Crippen LogP contribution in [-0.2, 0) is 0 Å². The molecular weight excluding hydrogens is 188 g/mol. The van der Waals surface area contributed by atoms with Crippen LogP contribution >= 0.6 is 0 Å². The van der Waals surface area contributed by atoms with Crippen molar-refractivity contribution in [3.8, 4) is 5.69 Å². The number of rotatable bonds is 1. The number of hydrogen-bond donors (Lipinski definition) is 0. The van der Waals surface area contributed by atoms with Crippen molar-refractivity contribution >= 4 is 0 Å². The van der Waals surface area contributed by atoms with Gasteiger partial charge < -0.3 is 0 Å². The maximum Gasteiger partial charge on any atom is 0.0846 e. The average Bonchev–Trinajstić information content (AvgIpc) is 2.69. The van der Waals surface area contributed by atoms with Gasteiger partial charge in [0.25, 0.3) is 0 Å². The summed E-state index contributed by atoms with van der Waals surface area (Å²) in [5.74, 6) is 0. The van der Waals surface area contributed by atoms with Crippen LogP contribution in [0.2, 0.25) is 0 Å². The first-order valence-corrected chi connectivity index (χ1v) is 5.08. The molecule has 0 aliphatic heterocycles. The standard InChI is InChI=1S/C9H10N4.C2H6/c1-7-3-4-9(5-10-7)13-6-8(2)11-12-13;1-2/h3-6H,1-2H3;1-2H3. The molecule has 4 heteroatoms. The maximum absolute atomic E-state index is 4.18. The molecule has 0 N–H and O–H groups in total. The monoisotopic (exact) mass is 204 g/mol. The lowest BCUT2D eigenvalue weighted by molar-refractivity contribution is 0.796. The molecule has 0 aliphatic rings. The van der Waals surface area contributed by atoms with Crippen LogP contribution in [0.1, 0.15) is 25.2 Å². The van der Waals surface area contributed by atoms with Crippen molar-refractivity contribution in [1.82, 2.24) is 20.0 Å². The molecule has 0 unspecified atom stereocenters. The highest BCUT2D eigenvalue weighted by atomic mass is 15.4. The third-order valence-corrected chi connectivity index (χ3v) is 1.77. The Kier molecular flexibility index (Phi) is 3.97. The summed E-state index contributed by atoms with van der Waals surface area (Å²) in [5.41, 5.74) is 2.84.